The Morgan fingerprint density at radius 2 is 1.86 bits per heavy atom. The summed E-state index contributed by atoms with van der Waals surface area (Å²) in [6.45, 7) is -0.615. The molecule has 0 aromatic carbocycles. The van der Waals surface area contributed by atoms with Gasteiger partial charge in [0.15, 0.2) is 6.29 Å². The number of rotatable bonds is 7. The molecule has 0 aliphatic carbocycles. The molecule has 84 valence electrons. The van der Waals surface area contributed by atoms with Gasteiger partial charge in [-0.2, -0.15) is 0 Å². The fraction of sp³-hybridized carbons (Fsp3) is 0.875. The second-order valence-electron chi connectivity index (χ2n) is 2.78. The molecule has 6 heteroatoms. The predicted octanol–water partition coefficient (Wildman–Crippen LogP) is -2.07. The van der Waals surface area contributed by atoms with Crippen molar-refractivity contribution >= 4 is 6.29 Å². The van der Waals surface area contributed by atoms with Crippen LogP contribution in [0.5, 0.6) is 0 Å². The van der Waals surface area contributed by atoms with Gasteiger partial charge in [0.25, 0.3) is 0 Å². The summed E-state index contributed by atoms with van der Waals surface area (Å²) in [4.78, 5) is 10.5. The van der Waals surface area contributed by atoms with Crippen molar-refractivity contribution in [2.45, 2.75) is 24.4 Å². The molecule has 0 aromatic rings. The fourth-order valence-electron chi connectivity index (χ4n) is 1.06. The number of carbonyl (C=O) groups excluding carboxylic acids is 1. The largest absolute Gasteiger partial charge is 0.394 e. The summed E-state index contributed by atoms with van der Waals surface area (Å²) in [5, 5.41) is 27.1. The molecule has 0 amide bonds. The van der Waals surface area contributed by atoms with E-state index in [4.69, 9.17) is 19.7 Å². The SMILES string of the molecule is CO[C@@H]([C@H](O)[C@H](O)CO)[C@H](C=O)OC. The minimum atomic E-state index is -1.37. The second kappa shape index (κ2) is 6.86. The highest BCUT2D eigenvalue weighted by Crippen LogP contribution is 2.09. The van der Waals surface area contributed by atoms with Crippen molar-refractivity contribution in [3.8, 4) is 0 Å². The van der Waals surface area contributed by atoms with E-state index in [1.807, 2.05) is 0 Å². The molecule has 0 saturated carbocycles. The number of hydrogen-bond donors (Lipinski definition) is 3. The van der Waals surface area contributed by atoms with Gasteiger partial charge in [0.05, 0.1) is 6.61 Å². The third-order valence-corrected chi connectivity index (χ3v) is 1.92. The van der Waals surface area contributed by atoms with E-state index >= 15 is 0 Å². The predicted molar refractivity (Wildman–Crippen MR) is 46.8 cm³/mol. The van der Waals surface area contributed by atoms with Crippen LogP contribution in [0.4, 0.5) is 0 Å². The van der Waals surface area contributed by atoms with E-state index in [2.05, 4.69) is 0 Å². The molecule has 0 aromatic heterocycles. The number of aliphatic hydroxyl groups excluding tert-OH is 3. The van der Waals surface area contributed by atoms with Crippen LogP contribution >= 0.6 is 0 Å². The number of aldehydes is 1. The number of methoxy groups -OCH3 is 2. The third-order valence-electron chi connectivity index (χ3n) is 1.92. The topological polar surface area (TPSA) is 96.2 Å². The molecule has 0 radical (unpaired) electrons. The van der Waals surface area contributed by atoms with E-state index in [9.17, 15) is 9.90 Å². The van der Waals surface area contributed by atoms with E-state index < -0.39 is 31.0 Å². The van der Waals surface area contributed by atoms with Crippen molar-refractivity contribution in [2.24, 2.45) is 0 Å². The zero-order valence-electron chi connectivity index (χ0n) is 8.16. The summed E-state index contributed by atoms with van der Waals surface area (Å²) in [7, 11) is 2.55. The molecule has 0 saturated heterocycles. The van der Waals surface area contributed by atoms with Crippen LogP contribution in [0.3, 0.4) is 0 Å². The van der Waals surface area contributed by atoms with Crippen LogP contribution in [0.1, 0.15) is 0 Å². The maximum absolute atomic E-state index is 10.5. The van der Waals surface area contributed by atoms with Gasteiger partial charge in [-0.1, -0.05) is 0 Å². The summed E-state index contributed by atoms with van der Waals surface area (Å²) >= 11 is 0. The lowest BCUT2D eigenvalue weighted by molar-refractivity contribution is -0.148. The van der Waals surface area contributed by atoms with Crippen molar-refractivity contribution in [1.82, 2.24) is 0 Å². The average molecular weight is 208 g/mol. The Labute approximate surface area is 82.1 Å². The molecule has 14 heavy (non-hydrogen) atoms. The summed E-state index contributed by atoms with van der Waals surface area (Å²) in [5.41, 5.74) is 0. The van der Waals surface area contributed by atoms with Crippen LogP contribution in [0.2, 0.25) is 0 Å². The first kappa shape index (κ1) is 13.5. The van der Waals surface area contributed by atoms with Gasteiger partial charge in [0, 0.05) is 14.2 Å². The smallest absolute Gasteiger partial charge is 0.151 e. The highest BCUT2D eigenvalue weighted by molar-refractivity contribution is 5.57. The minimum Gasteiger partial charge on any atom is -0.394 e. The second-order valence-corrected chi connectivity index (χ2v) is 2.78. The molecule has 0 fully saturated rings. The molecular weight excluding hydrogens is 192 g/mol. The molecule has 0 rings (SSSR count). The van der Waals surface area contributed by atoms with Gasteiger partial charge in [-0.15, -0.1) is 0 Å². The molecule has 0 heterocycles. The Balaban J connectivity index is 4.44. The van der Waals surface area contributed by atoms with Crippen molar-refractivity contribution in [1.29, 1.82) is 0 Å². The Kier molecular flexibility index (Phi) is 6.60. The quantitative estimate of drug-likeness (QED) is 0.416. The van der Waals surface area contributed by atoms with Crippen LogP contribution in [-0.2, 0) is 14.3 Å². The minimum absolute atomic E-state index is 0.460. The van der Waals surface area contributed by atoms with Gasteiger partial charge in [-0.05, 0) is 0 Å². The summed E-state index contributed by atoms with van der Waals surface area (Å²) < 4.78 is 9.52. The van der Waals surface area contributed by atoms with E-state index in [0.29, 0.717) is 6.29 Å². The molecular formula is C8H16O6. The Bertz CT molecular complexity index is 162. The van der Waals surface area contributed by atoms with Crippen molar-refractivity contribution in [2.75, 3.05) is 20.8 Å². The maximum Gasteiger partial charge on any atom is 0.151 e. The van der Waals surface area contributed by atoms with Crippen molar-refractivity contribution < 1.29 is 29.6 Å². The van der Waals surface area contributed by atoms with Gasteiger partial charge in [-0.25, -0.2) is 0 Å². The van der Waals surface area contributed by atoms with Crippen LogP contribution in [-0.4, -0.2) is 66.8 Å². The Morgan fingerprint density at radius 3 is 2.14 bits per heavy atom. The van der Waals surface area contributed by atoms with Gasteiger partial charge < -0.3 is 29.6 Å². The number of hydrogen-bond acceptors (Lipinski definition) is 6. The molecule has 0 bridgehead atoms. The summed E-state index contributed by atoms with van der Waals surface area (Å²) in [5.74, 6) is 0. The van der Waals surface area contributed by atoms with E-state index in [0.717, 1.165) is 0 Å². The van der Waals surface area contributed by atoms with Crippen LogP contribution < -0.4 is 0 Å². The van der Waals surface area contributed by atoms with Crippen LogP contribution in [0, 0.1) is 0 Å². The lowest BCUT2D eigenvalue weighted by Gasteiger charge is -2.27. The van der Waals surface area contributed by atoms with Crippen LogP contribution in [0.25, 0.3) is 0 Å². The molecule has 0 aliphatic rings. The zero-order valence-corrected chi connectivity index (χ0v) is 8.16. The first-order chi connectivity index (χ1) is 6.62. The van der Waals surface area contributed by atoms with Gasteiger partial charge in [-0.3, -0.25) is 0 Å². The van der Waals surface area contributed by atoms with Crippen LogP contribution in [0.15, 0.2) is 0 Å². The van der Waals surface area contributed by atoms with Gasteiger partial charge in [0.1, 0.15) is 24.4 Å². The number of ether oxygens (including phenoxy) is 2. The molecule has 0 unspecified atom stereocenters. The Morgan fingerprint density at radius 1 is 1.29 bits per heavy atom. The van der Waals surface area contributed by atoms with Crippen molar-refractivity contribution in [3.63, 3.8) is 0 Å². The first-order valence-corrected chi connectivity index (χ1v) is 4.10. The van der Waals surface area contributed by atoms with Gasteiger partial charge >= 0.3 is 0 Å². The summed E-state index contributed by atoms with van der Waals surface area (Å²) in [6, 6.07) is 0. The zero-order chi connectivity index (χ0) is 11.1. The highest BCUT2D eigenvalue weighted by Gasteiger charge is 2.32. The van der Waals surface area contributed by atoms with Gasteiger partial charge in [0.2, 0.25) is 0 Å². The lowest BCUT2D eigenvalue weighted by atomic mass is 10.0. The molecule has 0 spiro atoms. The molecule has 4 atom stereocenters. The third kappa shape index (κ3) is 3.32. The standard InChI is InChI=1S/C8H16O6/c1-13-6(4-10)8(14-2)7(12)5(11)3-9/h4-9,11-12H,3H2,1-2H3/t5-,6+,7-,8-/m1/s1. The van der Waals surface area contributed by atoms with E-state index in [1.165, 1.54) is 14.2 Å². The lowest BCUT2D eigenvalue weighted by Crippen LogP contribution is -2.48. The molecule has 3 N–H and O–H groups in total. The monoisotopic (exact) mass is 208 g/mol. The number of aliphatic hydroxyl groups is 3. The van der Waals surface area contributed by atoms with E-state index in [1.54, 1.807) is 0 Å². The maximum atomic E-state index is 10.5. The van der Waals surface area contributed by atoms with E-state index in [-0.39, 0.29) is 0 Å². The normalized spacial score (nSPS) is 19.8. The Hall–Kier alpha value is -0.530. The summed E-state index contributed by atoms with van der Waals surface area (Å²) in [6.07, 6.45) is -4.25. The number of carbonyl (C=O) groups is 1. The average Bonchev–Trinajstić information content (AvgIpc) is 2.23. The van der Waals surface area contributed by atoms with Crippen molar-refractivity contribution in [3.05, 3.63) is 0 Å². The molecule has 0 aliphatic heterocycles. The fourth-order valence-corrected chi connectivity index (χ4v) is 1.06. The highest BCUT2D eigenvalue weighted by atomic mass is 16.5. The first-order valence-electron chi connectivity index (χ1n) is 4.10. The molecule has 6 nitrogen and oxygen atoms in total.